The number of aromatic nitrogens is 1. The van der Waals surface area contributed by atoms with Crippen molar-refractivity contribution in [3.05, 3.63) is 70.0 Å². The molecule has 0 saturated heterocycles. The number of nitrogens with zero attached hydrogens (tertiary/aromatic N) is 1. The molecule has 2 aromatic carbocycles. The van der Waals surface area contributed by atoms with Crippen molar-refractivity contribution >= 4 is 39.3 Å². The molecular formula is C20H19BrN2O3S. The molecule has 7 heteroatoms. The minimum Gasteiger partial charge on any atom is -0.457 e. The number of thioether (sulfide) groups is 1. The number of halogens is 1. The van der Waals surface area contributed by atoms with E-state index < -0.39 is 0 Å². The summed E-state index contributed by atoms with van der Waals surface area (Å²) in [6.07, 6.45) is 0. The molecule has 0 saturated carbocycles. The van der Waals surface area contributed by atoms with E-state index in [1.165, 1.54) is 11.8 Å². The summed E-state index contributed by atoms with van der Waals surface area (Å²) in [5.74, 6) is 3.29. The predicted molar refractivity (Wildman–Crippen MR) is 111 cm³/mol. The SMILES string of the molecule is Cc1noc(C)c1CSCC(=O)Nc1ccc(Oc2ccc(Br)cc2)cc1. The lowest BCUT2D eigenvalue weighted by Gasteiger charge is -2.08. The largest absolute Gasteiger partial charge is 0.457 e. The van der Waals surface area contributed by atoms with Gasteiger partial charge in [0.1, 0.15) is 17.3 Å². The van der Waals surface area contributed by atoms with Gasteiger partial charge < -0.3 is 14.6 Å². The van der Waals surface area contributed by atoms with Crippen LogP contribution in [0.3, 0.4) is 0 Å². The summed E-state index contributed by atoms with van der Waals surface area (Å²) < 4.78 is 11.9. The highest BCUT2D eigenvalue weighted by Crippen LogP contribution is 2.25. The zero-order chi connectivity index (χ0) is 19.2. The molecule has 0 spiro atoms. The van der Waals surface area contributed by atoms with Gasteiger partial charge in [-0.05, 0) is 62.4 Å². The molecule has 1 amide bonds. The lowest BCUT2D eigenvalue weighted by molar-refractivity contribution is -0.113. The smallest absolute Gasteiger partial charge is 0.234 e. The van der Waals surface area contributed by atoms with Gasteiger partial charge in [-0.15, -0.1) is 11.8 Å². The fourth-order valence-corrected chi connectivity index (χ4v) is 3.64. The highest BCUT2D eigenvalue weighted by atomic mass is 79.9. The van der Waals surface area contributed by atoms with Crippen molar-refractivity contribution in [1.82, 2.24) is 5.16 Å². The topological polar surface area (TPSA) is 64.4 Å². The van der Waals surface area contributed by atoms with Gasteiger partial charge in [0.15, 0.2) is 0 Å². The Morgan fingerprint density at radius 2 is 1.74 bits per heavy atom. The summed E-state index contributed by atoms with van der Waals surface area (Å²) in [4.78, 5) is 12.1. The Kier molecular flexibility index (Phi) is 6.58. The Bertz CT molecular complexity index is 888. The molecule has 140 valence electrons. The first-order chi connectivity index (χ1) is 13.0. The van der Waals surface area contributed by atoms with Crippen molar-refractivity contribution in [2.45, 2.75) is 19.6 Å². The molecule has 27 heavy (non-hydrogen) atoms. The molecule has 1 heterocycles. The van der Waals surface area contributed by atoms with E-state index in [0.717, 1.165) is 32.9 Å². The van der Waals surface area contributed by atoms with Crippen LogP contribution in [0.4, 0.5) is 5.69 Å². The minimum atomic E-state index is -0.0478. The number of amides is 1. The lowest BCUT2D eigenvalue weighted by Crippen LogP contribution is -2.14. The zero-order valence-electron chi connectivity index (χ0n) is 15.0. The Morgan fingerprint density at radius 3 is 2.33 bits per heavy atom. The number of anilines is 1. The van der Waals surface area contributed by atoms with Crippen LogP contribution in [0, 0.1) is 13.8 Å². The molecule has 0 aliphatic rings. The molecular weight excluding hydrogens is 428 g/mol. The first-order valence-electron chi connectivity index (χ1n) is 8.34. The average Bonchev–Trinajstić information content (AvgIpc) is 2.97. The minimum absolute atomic E-state index is 0.0478. The third-order valence-electron chi connectivity index (χ3n) is 3.85. The molecule has 1 N–H and O–H groups in total. The summed E-state index contributed by atoms with van der Waals surface area (Å²) in [6.45, 7) is 3.79. The first kappa shape index (κ1) is 19.5. The Hall–Kier alpha value is -2.25. The van der Waals surface area contributed by atoms with Gasteiger partial charge in [0.2, 0.25) is 5.91 Å². The van der Waals surface area contributed by atoms with Gasteiger partial charge in [0.05, 0.1) is 11.4 Å². The van der Waals surface area contributed by atoms with Gasteiger partial charge in [-0.3, -0.25) is 4.79 Å². The normalized spacial score (nSPS) is 10.6. The fourth-order valence-electron chi connectivity index (χ4n) is 2.40. The van der Waals surface area contributed by atoms with Crippen LogP contribution in [0.2, 0.25) is 0 Å². The summed E-state index contributed by atoms with van der Waals surface area (Å²) in [5.41, 5.74) is 2.67. The van der Waals surface area contributed by atoms with E-state index in [0.29, 0.717) is 17.3 Å². The molecule has 0 atom stereocenters. The standard InChI is InChI=1S/C20H19BrN2O3S/c1-13-19(14(2)26-23-13)11-27-12-20(24)22-16-5-9-18(10-6-16)25-17-7-3-15(21)4-8-17/h3-10H,11-12H2,1-2H3,(H,22,24). The second kappa shape index (κ2) is 9.10. The number of hydrogen-bond acceptors (Lipinski definition) is 5. The molecule has 0 bridgehead atoms. The van der Waals surface area contributed by atoms with Gasteiger partial charge in [0, 0.05) is 21.5 Å². The van der Waals surface area contributed by atoms with Crippen LogP contribution in [-0.2, 0) is 10.5 Å². The van der Waals surface area contributed by atoms with Crippen molar-refractivity contribution in [2.75, 3.05) is 11.1 Å². The van der Waals surface area contributed by atoms with Crippen LogP contribution < -0.4 is 10.1 Å². The highest BCUT2D eigenvalue weighted by Gasteiger charge is 2.10. The second-order valence-corrected chi connectivity index (χ2v) is 7.83. The van der Waals surface area contributed by atoms with Gasteiger partial charge in [0.25, 0.3) is 0 Å². The average molecular weight is 447 g/mol. The van der Waals surface area contributed by atoms with Gasteiger partial charge >= 0.3 is 0 Å². The van der Waals surface area contributed by atoms with Crippen molar-refractivity contribution in [2.24, 2.45) is 0 Å². The van der Waals surface area contributed by atoms with Crippen molar-refractivity contribution in [3.63, 3.8) is 0 Å². The van der Waals surface area contributed by atoms with Crippen molar-refractivity contribution in [1.29, 1.82) is 0 Å². The van der Waals surface area contributed by atoms with Crippen LogP contribution in [-0.4, -0.2) is 16.8 Å². The van der Waals surface area contributed by atoms with Crippen molar-refractivity contribution in [3.8, 4) is 11.5 Å². The first-order valence-corrected chi connectivity index (χ1v) is 10.3. The second-order valence-electron chi connectivity index (χ2n) is 5.92. The number of benzene rings is 2. The summed E-state index contributed by atoms with van der Waals surface area (Å²) >= 11 is 4.93. The number of ether oxygens (including phenoxy) is 1. The van der Waals surface area contributed by atoms with Crippen LogP contribution in [0.5, 0.6) is 11.5 Å². The molecule has 5 nitrogen and oxygen atoms in total. The van der Waals surface area contributed by atoms with Crippen molar-refractivity contribution < 1.29 is 14.1 Å². The molecule has 3 rings (SSSR count). The van der Waals surface area contributed by atoms with E-state index in [-0.39, 0.29) is 5.91 Å². The number of carbonyl (C=O) groups excluding carboxylic acids is 1. The summed E-state index contributed by atoms with van der Waals surface area (Å²) in [6, 6.07) is 14.9. The molecule has 0 aliphatic heterocycles. The van der Waals surface area contributed by atoms with E-state index in [1.807, 2.05) is 62.4 Å². The molecule has 0 radical (unpaired) electrons. The maximum absolute atomic E-state index is 12.1. The number of aryl methyl sites for hydroxylation is 2. The maximum Gasteiger partial charge on any atom is 0.234 e. The molecule has 1 aromatic heterocycles. The third kappa shape index (κ3) is 5.61. The van der Waals surface area contributed by atoms with Gasteiger partial charge in [-0.1, -0.05) is 21.1 Å². The Morgan fingerprint density at radius 1 is 1.11 bits per heavy atom. The monoisotopic (exact) mass is 446 g/mol. The Labute approximate surface area is 170 Å². The Balaban J connectivity index is 1.47. The lowest BCUT2D eigenvalue weighted by atomic mass is 10.2. The number of hydrogen-bond donors (Lipinski definition) is 1. The highest BCUT2D eigenvalue weighted by molar-refractivity contribution is 9.10. The molecule has 0 unspecified atom stereocenters. The zero-order valence-corrected chi connectivity index (χ0v) is 17.4. The quantitative estimate of drug-likeness (QED) is 0.502. The van der Waals surface area contributed by atoms with E-state index in [4.69, 9.17) is 9.26 Å². The molecule has 0 fully saturated rings. The van der Waals surface area contributed by atoms with Gasteiger partial charge in [-0.25, -0.2) is 0 Å². The van der Waals surface area contributed by atoms with Crippen LogP contribution in [0.15, 0.2) is 57.5 Å². The summed E-state index contributed by atoms with van der Waals surface area (Å²) in [7, 11) is 0. The maximum atomic E-state index is 12.1. The third-order valence-corrected chi connectivity index (χ3v) is 5.34. The van der Waals surface area contributed by atoms with E-state index in [9.17, 15) is 4.79 Å². The van der Waals surface area contributed by atoms with E-state index in [1.54, 1.807) is 0 Å². The van der Waals surface area contributed by atoms with E-state index >= 15 is 0 Å². The molecule has 3 aromatic rings. The van der Waals surface area contributed by atoms with Gasteiger partial charge in [-0.2, -0.15) is 0 Å². The van der Waals surface area contributed by atoms with E-state index in [2.05, 4.69) is 26.4 Å². The molecule has 0 aliphatic carbocycles. The van der Waals surface area contributed by atoms with Crippen LogP contribution in [0.25, 0.3) is 0 Å². The predicted octanol–water partition coefficient (Wildman–Crippen LogP) is 5.72. The van der Waals surface area contributed by atoms with Crippen LogP contribution in [0.1, 0.15) is 17.0 Å². The summed E-state index contributed by atoms with van der Waals surface area (Å²) in [5, 5.41) is 6.81. The number of nitrogens with one attached hydrogen (secondary N) is 1. The number of rotatable bonds is 7. The number of carbonyl (C=O) groups is 1. The van der Waals surface area contributed by atoms with Crippen LogP contribution >= 0.6 is 27.7 Å². The fraction of sp³-hybridized carbons (Fsp3) is 0.200.